The number of carbonyl (C=O) groups is 2. The van der Waals surface area contributed by atoms with Gasteiger partial charge in [-0.2, -0.15) is 0 Å². The van der Waals surface area contributed by atoms with Crippen molar-refractivity contribution in [1.29, 1.82) is 0 Å². The topological polar surface area (TPSA) is 102 Å². The molecule has 10 heteroatoms. The van der Waals surface area contributed by atoms with Crippen molar-refractivity contribution < 1.29 is 18.4 Å². The van der Waals surface area contributed by atoms with Crippen LogP contribution in [0, 0.1) is 12.7 Å². The van der Waals surface area contributed by atoms with Gasteiger partial charge in [0.15, 0.2) is 11.0 Å². The minimum absolute atomic E-state index is 0.0896. The Morgan fingerprint density at radius 1 is 1.17 bits per heavy atom. The fourth-order valence-corrected chi connectivity index (χ4v) is 3.43. The first-order valence-electron chi connectivity index (χ1n) is 8.90. The summed E-state index contributed by atoms with van der Waals surface area (Å²) in [6.45, 7) is 4.27. The molecule has 3 aromatic rings. The Balaban J connectivity index is 1.50. The molecule has 29 heavy (non-hydrogen) atoms. The van der Waals surface area contributed by atoms with Crippen LogP contribution in [0.5, 0.6) is 0 Å². The molecule has 0 bridgehead atoms. The lowest BCUT2D eigenvalue weighted by molar-refractivity contribution is -0.122. The van der Waals surface area contributed by atoms with Crippen LogP contribution in [0.25, 0.3) is 11.4 Å². The molecule has 0 saturated heterocycles. The molecule has 0 radical (unpaired) electrons. The van der Waals surface area contributed by atoms with E-state index < -0.39 is 5.91 Å². The Hall–Kier alpha value is -3.14. The van der Waals surface area contributed by atoms with Crippen LogP contribution in [0.4, 0.5) is 10.1 Å². The molecule has 152 valence electrons. The highest BCUT2D eigenvalue weighted by Crippen LogP contribution is 2.26. The number of halogens is 1. The average Bonchev–Trinajstić information content (AvgIpc) is 3.31. The van der Waals surface area contributed by atoms with E-state index in [0.29, 0.717) is 23.2 Å². The predicted octanol–water partition coefficient (Wildman–Crippen LogP) is 2.85. The van der Waals surface area contributed by atoms with E-state index in [-0.39, 0.29) is 24.0 Å². The van der Waals surface area contributed by atoms with Gasteiger partial charge in [0.25, 0.3) is 0 Å². The van der Waals surface area contributed by atoms with E-state index in [2.05, 4.69) is 20.8 Å². The zero-order valence-electron chi connectivity index (χ0n) is 15.9. The molecule has 0 aliphatic rings. The highest BCUT2D eigenvalue weighted by Gasteiger charge is 2.17. The number of thioether (sulfide) groups is 1. The largest absolute Gasteiger partial charge is 0.469 e. The van der Waals surface area contributed by atoms with Gasteiger partial charge in [0.1, 0.15) is 11.6 Å². The average molecular weight is 417 g/mol. The maximum absolute atomic E-state index is 12.9. The SMILES string of the molecule is CCn1c(SCC(=O)NCC(=O)Nc2ccc(F)cc2)nnc1-c1ccoc1C. The zero-order valence-corrected chi connectivity index (χ0v) is 16.8. The lowest BCUT2D eigenvalue weighted by Gasteiger charge is -2.08. The van der Waals surface area contributed by atoms with Crippen molar-refractivity contribution in [2.75, 3.05) is 17.6 Å². The molecule has 0 atom stereocenters. The molecule has 0 spiro atoms. The molecule has 2 aromatic heterocycles. The van der Waals surface area contributed by atoms with Gasteiger partial charge in [-0.3, -0.25) is 9.59 Å². The second-order valence-corrected chi connectivity index (χ2v) is 7.00. The first kappa shape index (κ1) is 20.6. The standard InChI is InChI=1S/C19H20FN5O3S/c1-3-25-18(15-8-9-28-12(15)2)23-24-19(25)29-11-17(27)21-10-16(26)22-14-6-4-13(20)5-7-14/h4-9H,3,10-11H2,1-2H3,(H,21,27)(H,22,26). The van der Waals surface area contributed by atoms with Gasteiger partial charge >= 0.3 is 0 Å². The Kier molecular flexibility index (Phi) is 6.65. The third kappa shape index (κ3) is 5.23. The maximum Gasteiger partial charge on any atom is 0.243 e. The van der Waals surface area contributed by atoms with Crippen LogP contribution in [-0.4, -0.2) is 38.9 Å². The van der Waals surface area contributed by atoms with E-state index in [0.717, 1.165) is 11.3 Å². The maximum atomic E-state index is 12.9. The molecule has 2 N–H and O–H groups in total. The number of amides is 2. The number of anilines is 1. The molecule has 2 heterocycles. The van der Waals surface area contributed by atoms with Crippen LogP contribution in [0.3, 0.4) is 0 Å². The molecule has 3 rings (SSSR count). The molecular formula is C19H20FN5O3S. The Morgan fingerprint density at radius 2 is 1.93 bits per heavy atom. The van der Waals surface area contributed by atoms with Crippen LogP contribution in [0.15, 0.2) is 46.2 Å². The van der Waals surface area contributed by atoms with E-state index in [9.17, 15) is 14.0 Å². The fraction of sp³-hybridized carbons (Fsp3) is 0.263. The van der Waals surface area contributed by atoms with E-state index in [4.69, 9.17) is 4.42 Å². The van der Waals surface area contributed by atoms with E-state index >= 15 is 0 Å². The minimum atomic E-state index is -0.399. The number of nitrogens with zero attached hydrogens (tertiary/aromatic N) is 3. The van der Waals surface area contributed by atoms with Crippen LogP contribution >= 0.6 is 11.8 Å². The summed E-state index contributed by atoms with van der Waals surface area (Å²) in [5.74, 6) is 0.417. The third-order valence-corrected chi connectivity index (χ3v) is 5.01. The van der Waals surface area contributed by atoms with Crippen LogP contribution in [0.2, 0.25) is 0 Å². The number of aromatic nitrogens is 3. The lowest BCUT2D eigenvalue weighted by atomic mass is 10.2. The van der Waals surface area contributed by atoms with Crippen molar-refractivity contribution >= 4 is 29.3 Å². The van der Waals surface area contributed by atoms with E-state index in [1.54, 1.807) is 6.26 Å². The normalized spacial score (nSPS) is 10.7. The Labute approximate surface area is 170 Å². The molecule has 0 fully saturated rings. The van der Waals surface area contributed by atoms with Crippen molar-refractivity contribution in [3.8, 4) is 11.4 Å². The van der Waals surface area contributed by atoms with Crippen molar-refractivity contribution in [1.82, 2.24) is 20.1 Å². The second kappa shape index (κ2) is 9.37. The molecule has 0 unspecified atom stereocenters. The van der Waals surface area contributed by atoms with Gasteiger partial charge in [0.05, 0.1) is 24.1 Å². The van der Waals surface area contributed by atoms with Gasteiger partial charge in [-0.15, -0.1) is 10.2 Å². The van der Waals surface area contributed by atoms with Crippen LogP contribution in [0.1, 0.15) is 12.7 Å². The molecule has 0 aliphatic heterocycles. The number of furan rings is 1. The summed E-state index contributed by atoms with van der Waals surface area (Å²) in [5, 5.41) is 14.1. The predicted molar refractivity (Wildman–Crippen MR) is 107 cm³/mol. The van der Waals surface area contributed by atoms with Gasteiger partial charge in [0.2, 0.25) is 11.8 Å². The fourth-order valence-electron chi connectivity index (χ4n) is 2.60. The number of nitrogens with one attached hydrogen (secondary N) is 2. The molecule has 1 aromatic carbocycles. The number of hydrogen-bond acceptors (Lipinski definition) is 6. The molecular weight excluding hydrogens is 397 g/mol. The summed E-state index contributed by atoms with van der Waals surface area (Å²) < 4.78 is 20.1. The summed E-state index contributed by atoms with van der Waals surface area (Å²) >= 11 is 1.23. The smallest absolute Gasteiger partial charge is 0.243 e. The van der Waals surface area contributed by atoms with E-state index in [1.807, 2.05) is 24.5 Å². The quantitative estimate of drug-likeness (QED) is 0.547. The third-order valence-electron chi connectivity index (χ3n) is 4.04. The summed E-state index contributed by atoms with van der Waals surface area (Å²) in [4.78, 5) is 24.0. The molecule has 0 aliphatic carbocycles. The van der Waals surface area contributed by atoms with Crippen LogP contribution in [-0.2, 0) is 16.1 Å². The van der Waals surface area contributed by atoms with Gasteiger partial charge in [-0.25, -0.2) is 4.39 Å². The summed E-state index contributed by atoms with van der Waals surface area (Å²) in [6, 6.07) is 7.21. The number of rotatable bonds is 8. The summed E-state index contributed by atoms with van der Waals surface area (Å²) in [7, 11) is 0. The molecule has 8 nitrogen and oxygen atoms in total. The van der Waals surface area contributed by atoms with E-state index in [1.165, 1.54) is 36.0 Å². The summed E-state index contributed by atoms with van der Waals surface area (Å²) in [5.41, 5.74) is 1.31. The Bertz CT molecular complexity index is 1000. The lowest BCUT2D eigenvalue weighted by Crippen LogP contribution is -2.33. The second-order valence-electron chi connectivity index (χ2n) is 6.06. The highest BCUT2D eigenvalue weighted by molar-refractivity contribution is 7.99. The minimum Gasteiger partial charge on any atom is -0.469 e. The van der Waals surface area contributed by atoms with Crippen molar-refractivity contribution in [3.05, 3.63) is 48.2 Å². The highest BCUT2D eigenvalue weighted by atomic mass is 32.2. The van der Waals surface area contributed by atoms with Crippen molar-refractivity contribution in [2.45, 2.75) is 25.5 Å². The van der Waals surface area contributed by atoms with Crippen molar-refractivity contribution in [3.63, 3.8) is 0 Å². The molecule has 2 amide bonds. The van der Waals surface area contributed by atoms with Crippen molar-refractivity contribution in [2.24, 2.45) is 0 Å². The zero-order chi connectivity index (χ0) is 20.8. The first-order chi connectivity index (χ1) is 14.0. The summed E-state index contributed by atoms with van der Waals surface area (Å²) in [6.07, 6.45) is 1.59. The van der Waals surface area contributed by atoms with Gasteiger partial charge in [-0.1, -0.05) is 11.8 Å². The number of carbonyl (C=O) groups excluding carboxylic acids is 2. The number of benzene rings is 1. The molecule has 0 saturated carbocycles. The van der Waals surface area contributed by atoms with Crippen LogP contribution < -0.4 is 10.6 Å². The monoisotopic (exact) mass is 417 g/mol. The Morgan fingerprint density at radius 3 is 2.59 bits per heavy atom. The van der Waals surface area contributed by atoms with Gasteiger partial charge in [-0.05, 0) is 44.2 Å². The van der Waals surface area contributed by atoms with Gasteiger partial charge < -0.3 is 19.6 Å². The first-order valence-corrected chi connectivity index (χ1v) is 9.89. The number of hydrogen-bond donors (Lipinski definition) is 2. The van der Waals surface area contributed by atoms with Gasteiger partial charge in [0, 0.05) is 12.2 Å². The number of aryl methyl sites for hydroxylation is 1.